The standard InChI is InChI=1S/C30H38N2O/c1-28-10-8-24-17-23-4-5-25(32-14-15-32)18-29(23)11-12-30(24,33-29)27(28)7-6-26(28)21-3-2-20-9-13-31-19-22(20)16-21/h2-3,9,13,16-17,19-20,22,24-27H,4-8,10-12,14-15,18H2,1H3/t20?,22?,24?,25?,26?,27-,28?,29-,30-/m1/s1. The molecule has 174 valence electrons. The second-order valence-electron chi connectivity index (χ2n) is 12.8. The van der Waals surface area contributed by atoms with Crippen molar-refractivity contribution < 1.29 is 4.74 Å². The molecule has 9 atom stereocenters. The molecule has 4 aliphatic heterocycles. The first-order valence-corrected chi connectivity index (χ1v) is 13.9. The molecule has 3 saturated carbocycles. The smallest absolute Gasteiger partial charge is 0.0915 e. The van der Waals surface area contributed by atoms with E-state index in [1.54, 1.807) is 11.1 Å². The molecule has 4 heterocycles. The Balaban J connectivity index is 1.12. The Morgan fingerprint density at radius 2 is 1.94 bits per heavy atom. The van der Waals surface area contributed by atoms with Crippen molar-refractivity contribution in [3.05, 3.63) is 47.7 Å². The maximum absolute atomic E-state index is 7.53. The van der Waals surface area contributed by atoms with Crippen LogP contribution in [0.5, 0.6) is 0 Å². The number of hydrogen-bond donors (Lipinski definition) is 0. The van der Waals surface area contributed by atoms with Crippen LogP contribution in [-0.4, -0.2) is 41.4 Å². The first-order valence-electron chi connectivity index (χ1n) is 13.9. The Bertz CT molecular complexity index is 1030. The summed E-state index contributed by atoms with van der Waals surface area (Å²) in [5.41, 5.74) is 3.86. The summed E-state index contributed by atoms with van der Waals surface area (Å²) >= 11 is 0. The Kier molecular flexibility index (Phi) is 3.97. The van der Waals surface area contributed by atoms with Crippen LogP contribution in [0, 0.1) is 35.0 Å². The molecule has 0 aromatic heterocycles. The van der Waals surface area contributed by atoms with E-state index in [0.717, 1.165) is 6.04 Å². The highest BCUT2D eigenvalue weighted by Crippen LogP contribution is 2.70. The quantitative estimate of drug-likeness (QED) is 0.396. The van der Waals surface area contributed by atoms with Crippen molar-refractivity contribution in [1.82, 2.24) is 4.90 Å². The highest BCUT2D eigenvalue weighted by Gasteiger charge is 2.68. The van der Waals surface area contributed by atoms with Gasteiger partial charge in [0, 0.05) is 49.3 Å². The number of ether oxygens (including phenoxy) is 1. The number of fused-ring (bicyclic) bond motifs is 2. The minimum atomic E-state index is 0.0838. The highest BCUT2D eigenvalue weighted by atomic mass is 16.5. The van der Waals surface area contributed by atoms with Gasteiger partial charge in [0.25, 0.3) is 0 Å². The van der Waals surface area contributed by atoms with E-state index in [1.807, 2.05) is 6.20 Å². The van der Waals surface area contributed by atoms with Crippen molar-refractivity contribution in [3.63, 3.8) is 0 Å². The zero-order chi connectivity index (χ0) is 21.8. The Hall–Kier alpha value is -1.45. The molecule has 0 aromatic carbocycles. The molecule has 6 unspecified atom stereocenters. The van der Waals surface area contributed by atoms with Crippen LogP contribution in [0.25, 0.3) is 0 Å². The Labute approximate surface area is 198 Å². The van der Waals surface area contributed by atoms with Crippen molar-refractivity contribution in [2.75, 3.05) is 13.1 Å². The molecule has 8 aliphatic rings. The fourth-order valence-corrected chi connectivity index (χ4v) is 9.85. The van der Waals surface area contributed by atoms with Gasteiger partial charge in [0.15, 0.2) is 0 Å². The molecule has 0 amide bonds. The van der Waals surface area contributed by atoms with E-state index < -0.39 is 0 Å². The molecule has 2 spiro atoms. The lowest BCUT2D eigenvalue weighted by Crippen LogP contribution is -2.58. The summed E-state index contributed by atoms with van der Waals surface area (Å²) in [4.78, 5) is 7.15. The highest BCUT2D eigenvalue weighted by molar-refractivity contribution is 5.68. The molecule has 0 aromatic rings. The molecule has 2 bridgehead atoms. The largest absolute Gasteiger partial charge is 0.363 e. The van der Waals surface area contributed by atoms with Gasteiger partial charge < -0.3 is 4.74 Å². The molecule has 3 nitrogen and oxygen atoms in total. The summed E-state index contributed by atoms with van der Waals surface area (Å²) in [7, 11) is 0. The number of allylic oxidation sites excluding steroid dienone is 5. The number of rotatable bonds is 2. The molecule has 0 N–H and O–H groups in total. The van der Waals surface area contributed by atoms with E-state index in [4.69, 9.17) is 4.74 Å². The van der Waals surface area contributed by atoms with Crippen LogP contribution >= 0.6 is 0 Å². The van der Waals surface area contributed by atoms with Crippen LogP contribution in [0.15, 0.2) is 52.7 Å². The van der Waals surface area contributed by atoms with Gasteiger partial charge in [0.05, 0.1) is 11.2 Å². The predicted octanol–water partition coefficient (Wildman–Crippen LogP) is 5.85. The van der Waals surface area contributed by atoms with Gasteiger partial charge in [0.1, 0.15) is 0 Å². The van der Waals surface area contributed by atoms with Gasteiger partial charge in [-0.25, -0.2) is 0 Å². The van der Waals surface area contributed by atoms with Gasteiger partial charge in [0.2, 0.25) is 0 Å². The summed E-state index contributed by atoms with van der Waals surface area (Å²) in [6.07, 6.45) is 28.5. The number of nitrogens with zero attached hydrogens (tertiary/aromatic N) is 2. The molecule has 3 heteroatoms. The maximum Gasteiger partial charge on any atom is 0.0915 e. The maximum atomic E-state index is 7.53. The third-order valence-electron chi connectivity index (χ3n) is 11.5. The second kappa shape index (κ2) is 6.61. The summed E-state index contributed by atoms with van der Waals surface area (Å²) < 4.78 is 7.53. The van der Waals surface area contributed by atoms with Gasteiger partial charge in [-0.1, -0.05) is 37.3 Å². The van der Waals surface area contributed by atoms with E-state index in [2.05, 4.69) is 53.4 Å². The summed E-state index contributed by atoms with van der Waals surface area (Å²) in [6.45, 7) is 5.28. The molecule has 33 heavy (non-hydrogen) atoms. The van der Waals surface area contributed by atoms with Crippen molar-refractivity contribution in [1.29, 1.82) is 0 Å². The molecule has 5 fully saturated rings. The lowest BCUT2D eigenvalue weighted by Gasteiger charge is -2.58. The summed E-state index contributed by atoms with van der Waals surface area (Å²) in [5.74, 6) is 3.01. The van der Waals surface area contributed by atoms with Gasteiger partial charge >= 0.3 is 0 Å². The zero-order valence-electron chi connectivity index (χ0n) is 20.1. The van der Waals surface area contributed by atoms with Crippen LogP contribution in [0.1, 0.15) is 64.7 Å². The number of hydrogen-bond acceptors (Lipinski definition) is 3. The second-order valence-corrected chi connectivity index (χ2v) is 12.8. The lowest BCUT2D eigenvalue weighted by atomic mass is 9.54. The monoisotopic (exact) mass is 442 g/mol. The van der Waals surface area contributed by atoms with E-state index in [9.17, 15) is 0 Å². The first-order chi connectivity index (χ1) is 16.1. The molecule has 8 rings (SSSR count). The van der Waals surface area contributed by atoms with E-state index >= 15 is 0 Å². The fourth-order valence-electron chi connectivity index (χ4n) is 9.85. The van der Waals surface area contributed by atoms with Gasteiger partial charge in [-0.3, -0.25) is 9.89 Å². The van der Waals surface area contributed by atoms with Crippen molar-refractivity contribution >= 4 is 6.21 Å². The van der Waals surface area contributed by atoms with Crippen LogP contribution in [0.3, 0.4) is 0 Å². The third kappa shape index (κ3) is 2.62. The summed E-state index contributed by atoms with van der Waals surface area (Å²) in [6, 6.07) is 0.775. The topological polar surface area (TPSA) is 24.6 Å². The molecule has 2 saturated heterocycles. The predicted molar refractivity (Wildman–Crippen MR) is 132 cm³/mol. The molecule has 0 radical (unpaired) electrons. The fraction of sp³-hybridized carbons (Fsp3) is 0.700. The number of aliphatic imine (C=N–C) groups is 1. The van der Waals surface area contributed by atoms with Crippen molar-refractivity contribution in [2.24, 2.45) is 40.0 Å². The third-order valence-corrected chi connectivity index (χ3v) is 11.5. The van der Waals surface area contributed by atoms with Gasteiger partial charge in [-0.2, -0.15) is 0 Å². The van der Waals surface area contributed by atoms with E-state index in [0.29, 0.717) is 35.0 Å². The van der Waals surface area contributed by atoms with Crippen LogP contribution < -0.4 is 0 Å². The van der Waals surface area contributed by atoms with Crippen molar-refractivity contribution in [3.8, 4) is 0 Å². The van der Waals surface area contributed by atoms with Crippen molar-refractivity contribution in [2.45, 2.75) is 82.0 Å². The van der Waals surface area contributed by atoms with Crippen LogP contribution in [0.4, 0.5) is 0 Å². The molecular formula is C30H38N2O. The Morgan fingerprint density at radius 3 is 2.85 bits per heavy atom. The van der Waals surface area contributed by atoms with Gasteiger partial charge in [-0.05, 0) is 86.2 Å². The minimum absolute atomic E-state index is 0.0838. The summed E-state index contributed by atoms with van der Waals surface area (Å²) in [5, 5.41) is 0. The average Bonchev–Trinajstić information content (AvgIpc) is 3.56. The first kappa shape index (κ1) is 19.8. The Morgan fingerprint density at radius 1 is 1.00 bits per heavy atom. The lowest BCUT2D eigenvalue weighted by molar-refractivity contribution is -0.198. The minimum Gasteiger partial charge on any atom is -0.363 e. The van der Waals surface area contributed by atoms with Crippen LogP contribution in [-0.2, 0) is 4.74 Å². The molecular weight excluding hydrogens is 404 g/mol. The van der Waals surface area contributed by atoms with E-state index in [1.165, 1.54) is 70.9 Å². The molecule has 4 aliphatic carbocycles. The van der Waals surface area contributed by atoms with Crippen LogP contribution in [0.2, 0.25) is 0 Å². The van der Waals surface area contributed by atoms with E-state index in [-0.39, 0.29) is 11.2 Å². The van der Waals surface area contributed by atoms with Gasteiger partial charge in [-0.15, -0.1) is 0 Å². The SMILES string of the molecule is CC12CCC3C=C4CCC(N5CC5)C[C@]45CC[C@]3(O5)[C@@H]1CCC2C1=CC2C=NC=CC2C=C1. The normalized spacial score (nSPS) is 53.6. The zero-order valence-corrected chi connectivity index (χ0v) is 20.1. The average molecular weight is 443 g/mol.